The molecule has 5 nitrogen and oxygen atoms in total. The van der Waals surface area contributed by atoms with Crippen LogP contribution in [0.3, 0.4) is 0 Å². The Balaban J connectivity index is 1.45. The van der Waals surface area contributed by atoms with E-state index in [9.17, 15) is 9.59 Å². The van der Waals surface area contributed by atoms with Gasteiger partial charge < -0.3 is 10.6 Å². The molecule has 1 unspecified atom stereocenters. The summed E-state index contributed by atoms with van der Waals surface area (Å²) in [6.45, 7) is 4.19. The first kappa shape index (κ1) is 21.1. The summed E-state index contributed by atoms with van der Waals surface area (Å²) < 4.78 is 0. The maximum atomic E-state index is 12.6. The number of nitrogens with one attached hydrogen (secondary N) is 2. The second-order valence-electron chi connectivity index (χ2n) is 7.46. The van der Waals surface area contributed by atoms with Gasteiger partial charge in [0.25, 0.3) is 0 Å². The van der Waals surface area contributed by atoms with Gasteiger partial charge in [0.2, 0.25) is 11.8 Å². The fourth-order valence-corrected chi connectivity index (χ4v) is 4.67. The second-order valence-corrected chi connectivity index (χ2v) is 8.65. The van der Waals surface area contributed by atoms with Crippen LogP contribution in [0.4, 0.5) is 11.4 Å². The number of amides is 2. The topological polar surface area (TPSA) is 70.6 Å². The number of anilines is 1. The van der Waals surface area contributed by atoms with Crippen LogP contribution in [0.1, 0.15) is 31.4 Å². The molecule has 31 heavy (non-hydrogen) atoms. The van der Waals surface area contributed by atoms with E-state index in [0.29, 0.717) is 5.17 Å². The Bertz CT molecular complexity index is 1150. The van der Waals surface area contributed by atoms with Crippen molar-refractivity contribution in [2.45, 2.75) is 38.4 Å². The third-order valence-corrected chi connectivity index (χ3v) is 6.44. The van der Waals surface area contributed by atoms with Crippen LogP contribution < -0.4 is 10.6 Å². The van der Waals surface area contributed by atoms with E-state index in [1.54, 1.807) is 0 Å². The van der Waals surface area contributed by atoms with Crippen molar-refractivity contribution in [1.82, 2.24) is 5.32 Å². The molecule has 158 valence electrons. The Hall–Kier alpha value is -3.12. The quantitative estimate of drug-likeness (QED) is 0.563. The molecule has 6 heteroatoms. The normalized spacial score (nSPS) is 17.2. The molecular weight excluding hydrogens is 406 g/mol. The molecule has 1 atom stereocenters. The summed E-state index contributed by atoms with van der Waals surface area (Å²) in [4.78, 5) is 29.8. The molecule has 2 N–H and O–H groups in total. The summed E-state index contributed by atoms with van der Waals surface area (Å²) >= 11 is 1.32. The smallest absolute Gasteiger partial charge is 0.240 e. The molecule has 0 bridgehead atoms. The zero-order valence-corrected chi connectivity index (χ0v) is 18.5. The highest BCUT2D eigenvalue weighted by Crippen LogP contribution is 2.30. The Morgan fingerprint density at radius 3 is 2.42 bits per heavy atom. The number of aliphatic imine (C=N–C) groups is 1. The Labute approximate surface area is 186 Å². The number of carbonyl (C=O) groups excluding carboxylic acids is 2. The SMILES string of the molecule is CCc1cccc(CC)c1N=C1NC(=O)C(CC(=O)Nc2ccc3ccccc3c2)S1. The monoisotopic (exact) mass is 431 g/mol. The van der Waals surface area contributed by atoms with Crippen LogP contribution in [0.2, 0.25) is 0 Å². The van der Waals surface area contributed by atoms with Crippen LogP contribution >= 0.6 is 11.8 Å². The van der Waals surface area contributed by atoms with E-state index in [1.165, 1.54) is 11.8 Å². The number of benzene rings is 3. The Morgan fingerprint density at radius 1 is 1.00 bits per heavy atom. The second kappa shape index (κ2) is 9.35. The fourth-order valence-electron chi connectivity index (χ4n) is 3.70. The Kier molecular flexibility index (Phi) is 6.37. The van der Waals surface area contributed by atoms with Gasteiger partial charge in [-0.15, -0.1) is 0 Å². The van der Waals surface area contributed by atoms with Gasteiger partial charge in [-0.1, -0.05) is 74.1 Å². The molecule has 0 spiro atoms. The number of para-hydroxylation sites is 1. The lowest BCUT2D eigenvalue weighted by Gasteiger charge is -2.09. The summed E-state index contributed by atoms with van der Waals surface area (Å²) in [6.07, 6.45) is 1.84. The average Bonchev–Trinajstić information content (AvgIpc) is 3.12. The largest absolute Gasteiger partial charge is 0.326 e. The minimum Gasteiger partial charge on any atom is -0.326 e. The number of amidine groups is 1. The maximum Gasteiger partial charge on any atom is 0.240 e. The molecule has 1 aliphatic heterocycles. The van der Waals surface area contributed by atoms with Crippen LogP contribution in [0.15, 0.2) is 65.7 Å². The van der Waals surface area contributed by atoms with Crippen LogP contribution in [-0.4, -0.2) is 22.2 Å². The summed E-state index contributed by atoms with van der Waals surface area (Å²) in [7, 11) is 0. The third-order valence-electron chi connectivity index (χ3n) is 5.36. The van der Waals surface area contributed by atoms with Crippen molar-refractivity contribution in [3.63, 3.8) is 0 Å². The Morgan fingerprint density at radius 2 is 1.71 bits per heavy atom. The molecule has 2 amide bonds. The zero-order chi connectivity index (χ0) is 21.8. The van der Waals surface area contributed by atoms with Crippen LogP contribution in [0, 0.1) is 0 Å². The van der Waals surface area contributed by atoms with E-state index in [2.05, 4.69) is 36.6 Å². The first-order valence-electron chi connectivity index (χ1n) is 10.5. The number of fused-ring (bicyclic) bond motifs is 1. The molecule has 1 fully saturated rings. The van der Waals surface area contributed by atoms with Gasteiger partial charge in [-0.2, -0.15) is 0 Å². The van der Waals surface area contributed by atoms with Crippen molar-refractivity contribution in [1.29, 1.82) is 0 Å². The molecule has 1 saturated heterocycles. The minimum absolute atomic E-state index is 0.0956. The summed E-state index contributed by atoms with van der Waals surface area (Å²) in [5.74, 6) is -0.364. The van der Waals surface area contributed by atoms with Crippen molar-refractivity contribution in [2.24, 2.45) is 4.99 Å². The van der Waals surface area contributed by atoms with Gasteiger partial charge in [-0.25, -0.2) is 4.99 Å². The van der Waals surface area contributed by atoms with Gasteiger partial charge in [-0.05, 0) is 46.9 Å². The number of thioether (sulfide) groups is 1. The fraction of sp³-hybridized carbons (Fsp3) is 0.240. The number of nitrogens with zero attached hydrogens (tertiary/aromatic N) is 1. The zero-order valence-electron chi connectivity index (χ0n) is 17.6. The summed E-state index contributed by atoms with van der Waals surface area (Å²) in [5, 5.41) is 8.00. The molecule has 3 aromatic carbocycles. The summed E-state index contributed by atoms with van der Waals surface area (Å²) in [5.41, 5.74) is 3.96. The van der Waals surface area contributed by atoms with Gasteiger partial charge in [0.1, 0.15) is 5.25 Å². The predicted octanol–water partition coefficient (Wildman–Crippen LogP) is 5.21. The van der Waals surface area contributed by atoms with Gasteiger partial charge in [0, 0.05) is 12.1 Å². The summed E-state index contributed by atoms with van der Waals surface area (Å²) in [6, 6.07) is 20.0. The van der Waals surface area contributed by atoms with Crippen molar-refractivity contribution in [3.05, 3.63) is 71.8 Å². The highest BCUT2D eigenvalue weighted by molar-refractivity contribution is 8.15. The number of hydrogen-bond acceptors (Lipinski definition) is 4. The van der Waals surface area contributed by atoms with Crippen LogP contribution in [0.25, 0.3) is 10.8 Å². The van der Waals surface area contributed by atoms with Gasteiger partial charge in [0.15, 0.2) is 5.17 Å². The standard InChI is InChI=1S/C25H25N3O2S/c1-3-16-10-7-11-17(4-2)23(16)27-25-28-24(30)21(31-25)15-22(29)26-20-13-12-18-8-5-6-9-19(18)14-20/h5-14,21H,3-4,15H2,1-2H3,(H,26,29)(H,27,28,30). The third kappa shape index (κ3) is 4.80. The van der Waals surface area contributed by atoms with Crippen molar-refractivity contribution < 1.29 is 9.59 Å². The lowest BCUT2D eigenvalue weighted by Crippen LogP contribution is -2.28. The number of aryl methyl sites for hydroxylation is 2. The predicted molar refractivity (Wildman–Crippen MR) is 129 cm³/mol. The van der Waals surface area contributed by atoms with Crippen molar-refractivity contribution >= 4 is 50.9 Å². The van der Waals surface area contributed by atoms with Gasteiger partial charge in [-0.3, -0.25) is 9.59 Å². The van der Waals surface area contributed by atoms with E-state index < -0.39 is 5.25 Å². The van der Waals surface area contributed by atoms with Crippen LogP contribution in [-0.2, 0) is 22.4 Å². The molecule has 3 aromatic rings. The van der Waals surface area contributed by atoms with E-state index in [-0.39, 0.29) is 18.2 Å². The number of hydrogen-bond donors (Lipinski definition) is 2. The van der Waals surface area contributed by atoms with E-state index >= 15 is 0 Å². The lowest BCUT2D eigenvalue weighted by molar-refractivity contribution is -0.122. The van der Waals surface area contributed by atoms with Gasteiger partial charge in [0.05, 0.1) is 5.69 Å². The highest BCUT2D eigenvalue weighted by atomic mass is 32.2. The highest BCUT2D eigenvalue weighted by Gasteiger charge is 2.32. The molecule has 0 radical (unpaired) electrons. The number of rotatable bonds is 6. The first-order chi connectivity index (χ1) is 15.1. The number of carbonyl (C=O) groups is 2. The maximum absolute atomic E-state index is 12.6. The lowest BCUT2D eigenvalue weighted by atomic mass is 10.0. The molecule has 4 rings (SSSR count). The molecule has 0 aliphatic carbocycles. The first-order valence-corrected chi connectivity index (χ1v) is 11.4. The van der Waals surface area contributed by atoms with E-state index in [1.807, 2.05) is 48.5 Å². The van der Waals surface area contributed by atoms with E-state index in [0.717, 1.165) is 46.1 Å². The molecular formula is C25H25N3O2S. The molecule has 1 aliphatic rings. The van der Waals surface area contributed by atoms with Crippen molar-refractivity contribution in [2.75, 3.05) is 5.32 Å². The van der Waals surface area contributed by atoms with Crippen LogP contribution in [0.5, 0.6) is 0 Å². The molecule has 1 heterocycles. The molecule has 0 saturated carbocycles. The van der Waals surface area contributed by atoms with Crippen molar-refractivity contribution in [3.8, 4) is 0 Å². The minimum atomic E-state index is -0.488. The van der Waals surface area contributed by atoms with E-state index in [4.69, 9.17) is 4.99 Å². The molecule has 0 aromatic heterocycles. The van der Waals surface area contributed by atoms with Gasteiger partial charge >= 0.3 is 0 Å². The average molecular weight is 432 g/mol.